The van der Waals surface area contributed by atoms with Crippen molar-refractivity contribution in [3.05, 3.63) is 64.7 Å². The van der Waals surface area contributed by atoms with Gasteiger partial charge >= 0.3 is 0 Å². The Labute approximate surface area is 364 Å². The summed E-state index contributed by atoms with van der Waals surface area (Å²) in [7, 11) is 0. The lowest BCUT2D eigenvalue weighted by Crippen LogP contribution is -2.62. The molecule has 4 rings (SSSR count). The van der Waals surface area contributed by atoms with Crippen LogP contribution in [-0.2, 0) is 46.3 Å². The van der Waals surface area contributed by atoms with Crippen LogP contribution in [0, 0.1) is 13.8 Å². The molecule has 0 unspecified atom stereocenters. The van der Waals surface area contributed by atoms with Gasteiger partial charge in [-0.2, -0.15) is 0 Å². The summed E-state index contributed by atoms with van der Waals surface area (Å²) in [6.07, 6.45) is 0.349. The number of aliphatic hydroxyl groups is 3. The van der Waals surface area contributed by atoms with Gasteiger partial charge < -0.3 is 62.2 Å². The van der Waals surface area contributed by atoms with E-state index in [4.69, 9.17) is 20.9 Å². The van der Waals surface area contributed by atoms with Gasteiger partial charge in [0.25, 0.3) is 5.91 Å². The predicted octanol–water partition coefficient (Wildman–Crippen LogP) is 1.04. The molecule has 2 fully saturated rings. The molecule has 5 amide bonds. The van der Waals surface area contributed by atoms with E-state index in [1.165, 1.54) is 4.90 Å². The molecule has 2 saturated heterocycles. The molecule has 9 atom stereocenters. The van der Waals surface area contributed by atoms with E-state index in [1.807, 2.05) is 19.9 Å². The zero-order valence-electron chi connectivity index (χ0n) is 36.3. The number of hydrogen-bond acceptors (Lipinski definition) is 12. The number of rotatable bonds is 24. The highest BCUT2D eigenvalue weighted by molar-refractivity contribution is 5.95. The van der Waals surface area contributed by atoms with Gasteiger partial charge in [0.1, 0.15) is 42.2 Å². The van der Waals surface area contributed by atoms with Crippen molar-refractivity contribution in [1.82, 2.24) is 20.9 Å². The van der Waals surface area contributed by atoms with Crippen molar-refractivity contribution in [3.63, 3.8) is 0 Å². The van der Waals surface area contributed by atoms with E-state index in [-0.39, 0.29) is 38.2 Å². The second-order valence-corrected chi connectivity index (χ2v) is 16.6. The molecule has 344 valence electrons. The molecular formula is C45H68N6O11. The number of nitrogens with one attached hydrogen (secondary N) is 3. The average molecular weight is 869 g/mol. The number of carbonyl (C=O) groups excluding carboxylic acids is 5. The molecule has 2 aromatic carbocycles. The summed E-state index contributed by atoms with van der Waals surface area (Å²) in [6, 6.07) is 8.15. The van der Waals surface area contributed by atoms with Crippen LogP contribution in [0.1, 0.15) is 99.8 Å². The Balaban J connectivity index is 1.30. The van der Waals surface area contributed by atoms with E-state index in [9.17, 15) is 44.4 Å². The van der Waals surface area contributed by atoms with Crippen LogP contribution in [0.3, 0.4) is 0 Å². The summed E-state index contributed by atoms with van der Waals surface area (Å²) in [4.78, 5) is 68.3. The van der Waals surface area contributed by atoms with Gasteiger partial charge in [-0.25, -0.2) is 0 Å². The third-order valence-corrected chi connectivity index (χ3v) is 11.7. The van der Waals surface area contributed by atoms with Crippen LogP contribution >= 0.6 is 0 Å². The van der Waals surface area contributed by atoms with Crippen molar-refractivity contribution < 1.29 is 53.9 Å². The third-order valence-electron chi connectivity index (χ3n) is 11.7. The molecule has 17 heteroatoms. The minimum atomic E-state index is -1.70. The maximum Gasteiger partial charge on any atom is 0.252 e. The zero-order valence-corrected chi connectivity index (χ0v) is 36.3. The molecule has 0 saturated carbocycles. The first-order valence-electron chi connectivity index (χ1n) is 22.0. The second kappa shape index (κ2) is 24.8. The molecule has 11 N–H and O–H groups in total. The van der Waals surface area contributed by atoms with Crippen LogP contribution in [0.4, 0.5) is 0 Å². The Kier molecular flexibility index (Phi) is 20.0. The van der Waals surface area contributed by atoms with Crippen LogP contribution in [0.2, 0.25) is 0 Å². The molecule has 0 radical (unpaired) electrons. The number of carbonyl (C=O) groups is 5. The number of ether oxygens (including phenoxy) is 2. The number of nitrogens with two attached hydrogens (primary N) is 2. The fourth-order valence-electron chi connectivity index (χ4n) is 8.07. The lowest BCUT2D eigenvalue weighted by atomic mass is 9.95. The van der Waals surface area contributed by atoms with Crippen LogP contribution in [0.15, 0.2) is 42.5 Å². The zero-order chi connectivity index (χ0) is 45.3. The van der Waals surface area contributed by atoms with Crippen molar-refractivity contribution in [2.45, 2.75) is 159 Å². The first-order chi connectivity index (χ1) is 29.6. The molecule has 2 aliphatic heterocycles. The van der Waals surface area contributed by atoms with Gasteiger partial charge in [0.05, 0.1) is 6.04 Å². The minimum Gasteiger partial charge on any atom is -0.508 e. The normalized spacial score (nSPS) is 22.7. The number of phenols is 1. The fourth-order valence-corrected chi connectivity index (χ4v) is 8.07. The van der Waals surface area contributed by atoms with Crippen molar-refractivity contribution in [1.29, 1.82) is 0 Å². The Morgan fingerprint density at radius 3 is 2.21 bits per heavy atom. The molecular weight excluding hydrogens is 801 g/mol. The number of amides is 5. The summed E-state index contributed by atoms with van der Waals surface area (Å²) in [5.74, 6) is -2.99. The number of unbranched alkanes of at least 4 members (excludes halogenated alkanes) is 6. The molecule has 2 aliphatic rings. The van der Waals surface area contributed by atoms with Crippen molar-refractivity contribution in [3.8, 4) is 5.75 Å². The van der Waals surface area contributed by atoms with E-state index < -0.39 is 84.4 Å². The van der Waals surface area contributed by atoms with E-state index in [1.54, 1.807) is 36.4 Å². The van der Waals surface area contributed by atoms with Crippen LogP contribution in [0.25, 0.3) is 0 Å². The number of aryl methyl sites for hydroxylation is 2. The van der Waals surface area contributed by atoms with Crippen molar-refractivity contribution >= 4 is 29.5 Å². The molecule has 0 aliphatic carbocycles. The Hall–Kier alpha value is -4.65. The topological polar surface area (TPSA) is 276 Å². The van der Waals surface area contributed by atoms with Gasteiger partial charge in [-0.1, -0.05) is 69.4 Å². The SMILES string of the molecule is CCCCCCCCO[C@@H]1O[C@H](C(=O)NCCCC[C@H](NC(=O)[C@H](Cc2ccccc2)NC(=O)[C@@H]2CCCN2C(=O)[C@@H](N)Cc2c(C)cc(O)cc2C)C(N)=O)[C@@H](O)[C@H](O)[C@H]1O. The third kappa shape index (κ3) is 14.5. The Bertz CT molecular complexity index is 1760. The summed E-state index contributed by atoms with van der Waals surface area (Å²) in [6.45, 7) is 6.44. The molecule has 2 heterocycles. The molecule has 0 aromatic heterocycles. The molecule has 62 heavy (non-hydrogen) atoms. The van der Waals surface area contributed by atoms with Gasteiger partial charge in [-0.05, 0) is 93.2 Å². The number of phenolic OH excluding ortho intramolecular Hbond substituents is 1. The van der Waals surface area contributed by atoms with Gasteiger partial charge in [0.15, 0.2) is 12.4 Å². The van der Waals surface area contributed by atoms with E-state index in [0.29, 0.717) is 38.6 Å². The van der Waals surface area contributed by atoms with Crippen LogP contribution in [0.5, 0.6) is 5.75 Å². The van der Waals surface area contributed by atoms with Crippen LogP contribution in [-0.4, -0.2) is 129 Å². The average Bonchev–Trinajstić information content (AvgIpc) is 3.74. The maximum absolute atomic E-state index is 13.9. The lowest BCUT2D eigenvalue weighted by molar-refractivity contribution is -0.290. The highest BCUT2D eigenvalue weighted by Crippen LogP contribution is 2.25. The standard InChI is InChI=1S/C45H68N6O11/c1-4-5-6-7-8-14-22-61-45-38(55)36(53)37(54)39(62-45)43(59)48-20-13-12-18-33(40(47)56)49-41(57)34(25-29-16-10-9-11-17-29)50-42(58)35-19-15-21-51(35)44(60)32(46)26-31-27(2)23-30(52)24-28(31)3/h9-11,16-17,23-24,32-39,45,52-55H,4-8,12-15,18-22,25-26,46H2,1-3H3,(H2,47,56)(H,48,59)(H,49,57)(H,50,58)/t32-,33-,34-,35-,36-,37-,38+,39-,45+/m0/s1. The monoisotopic (exact) mass is 868 g/mol. The highest BCUT2D eigenvalue weighted by atomic mass is 16.7. The largest absolute Gasteiger partial charge is 0.508 e. The summed E-state index contributed by atoms with van der Waals surface area (Å²) in [5, 5.41) is 49.4. The first-order valence-corrected chi connectivity index (χ1v) is 22.0. The smallest absolute Gasteiger partial charge is 0.252 e. The van der Waals surface area contributed by atoms with Crippen molar-refractivity contribution in [2.24, 2.45) is 11.5 Å². The molecule has 0 bridgehead atoms. The number of likely N-dealkylation sites (tertiary alicyclic amines) is 1. The first kappa shape index (κ1) is 50.0. The van der Waals surface area contributed by atoms with E-state index in [2.05, 4.69) is 22.9 Å². The molecule has 2 aromatic rings. The fraction of sp³-hybridized carbons (Fsp3) is 0.622. The number of nitrogens with zero attached hydrogens (tertiary/aromatic N) is 1. The summed E-state index contributed by atoms with van der Waals surface area (Å²) >= 11 is 0. The number of benzene rings is 2. The number of aliphatic hydroxyl groups excluding tert-OH is 3. The quantitative estimate of drug-likeness (QED) is 0.0670. The van der Waals surface area contributed by atoms with Crippen LogP contribution < -0.4 is 27.4 Å². The van der Waals surface area contributed by atoms with Crippen molar-refractivity contribution in [2.75, 3.05) is 19.7 Å². The van der Waals surface area contributed by atoms with Gasteiger partial charge in [-0.15, -0.1) is 0 Å². The predicted molar refractivity (Wildman–Crippen MR) is 230 cm³/mol. The highest BCUT2D eigenvalue weighted by Gasteiger charge is 2.47. The maximum atomic E-state index is 13.9. The lowest BCUT2D eigenvalue weighted by Gasteiger charge is -2.39. The molecule has 17 nitrogen and oxygen atoms in total. The Morgan fingerprint density at radius 1 is 0.855 bits per heavy atom. The Morgan fingerprint density at radius 2 is 1.53 bits per heavy atom. The molecule has 0 spiro atoms. The van der Waals surface area contributed by atoms with E-state index >= 15 is 0 Å². The summed E-state index contributed by atoms with van der Waals surface area (Å²) < 4.78 is 11.2. The second-order valence-electron chi connectivity index (χ2n) is 16.6. The number of aromatic hydroxyl groups is 1. The van der Waals surface area contributed by atoms with Gasteiger partial charge in [0.2, 0.25) is 23.6 Å². The number of primary amides is 1. The minimum absolute atomic E-state index is 0.0846. The van der Waals surface area contributed by atoms with Gasteiger partial charge in [-0.3, -0.25) is 24.0 Å². The number of hydrogen-bond donors (Lipinski definition) is 9. The van der Waals surface area contributed by atoms with E-state index in [0.717, 1.165) is 54.4 Å². The summed E-state index contributed by atoms with van der Waals surface area (Å²) in [5.41, 5.74) is 15.3. The van der Waals surface area contributed by atoms with Gasteiger partial charge in [0, 0.05) is 26.1 Å².